The highest BCUT2D eigenvalue weighted by molar-refractivity contribution is 6.31. The molecular formula is C23H24ClN3O3. The van der Waals surface area contributed by atoms with Crippen LogP contribution in [0, 0.1) is 0 Å². The first-order valence-corrected chi connectivity index (χ1v) is 10.0. The molecule has 0 aliphatic rings. The number of pyridine rings is 1. The third-order valence-corrected chi connectivity index (χ3v) is 5.24. The molecule has 3 rings (SSSR count). The highest BCUT2D eigenvalue weighted by atomic mass is 35.5. The molecule has 0 unspecified atom stereocenters. The van der Waals surface area contributed by atoms with E-state index < -0.39 is 0 Å². The summed E-state index contributed by atoms with van der Waals surface area (Å²) in [7, 11) is 1.66. The molecule has 0 saturated carbocycles. The molecular weight excluding hydrogens is 402 g/mol. The summed E-state index contributed by atoms with van der Waals surface area (Å²) in [5.41, 5.74) is 1.49. The second-order valence-electron chi connectivity index (χ2n) is 7.09. The summed E-state index contributed by atoms with van der Waals surface area (Å²) in [5, 5.41) is 5.47. The predicted octanol–water partition coefficient (Wildman–Crippen LogP) is 4.20. The highest BCUT2D eigenvalue weighted by Gasteiger charge is 2.18. The maximum Gasteiger partial charge on any atom is 0.317 e. The first kappa shape index (κ1) is 21.6. The SMILES string of the molecule is C[C@H](COC(=O)Cc1cc2ccccc2cn1)N(C)C(=O)NCc1ccccc1Cl. The molecule has 1 aromatic heterocycles. The van der Waals surface area contributed by atoms with Gasteiger partial charge in [-0.05, 0) is 30.0 Å². The lowest BCUT2D eigenvalue weighted by Gasteiger charge is -2.25. The second kappa shape index (κ2) is 10.1. The van der Waals surface area contributed by atoms with Crippen molar-refractivity contribution in [2.45, 2.75) is 25.9 Å². The molecule has 2 aromatic carbocycles. The summed E-state index contributed by atoms with van der Waals surface area (Å²) in [6.45, 7) is 2.24. The Balaban J connectivity index is 1.46. The Hall–Kier alpha value is -3.12. The fourth-order valence-electron chi connectivity index (χ4n) is 2.89. The van der Waals surface area contributed by atoms with Crippen LogP contribution in [0.3, 0.4) is 0 Å². The van der Waals surface area contributed by atoms with Crippen molar-refractivity contribution in [3.8, 4) is 0 Å². The summed E-state index contributed by atoms with van der Waals surface area (Å²) in [5.74, 6) is -0.380. The number of carbonyl (C=O) groups is 2. The van der Waals surface area contributed by atoms with Crippen molar-refractivity contribution in [2.24, 2.45) is 0 Å². The second-order valence-corrected chi connectivity index (χ2v) is 7.50. The van der Waals surface area contributed by atoms with Crippen LogP contribution in [0.25, 0.3) is 10.8 Å². The van der Waals surface area contributed by atoms with E-state index in [-0.39, 0.29) is 31.1 Å². The van der Waals surface area contributed by atoms with Gasteiger partial charge in [0, 0.05) is 30.2 Å². The Bertz CT molecular complexity index is 1040. The normalized spacial score (nSPS) is 11.7. The smallest absolute Gasteiger partial charge is 0.317 e. The molecule has 1 atom stereocenters. The number of amides is 2. The van der Waals surface area contributed by atoms with Gasteiger partial charge in [0.15, 0.2) is 0 Å². The minimum absolute atomic E-state index is 0.0833. The largest absolute Gasteiger partial charge is 0.463 e. The van der Waals surface area contributed by atoms with Crippen molar-refractivity contribution < 1.29 is 14.3 Å². The van der Waals surface area contributed by atoms with Gasteiger partial charge in [-0.15, -0.1) is 0 Å². The van der Waals surface area contributed by atoms with E-state index in [2.05, 4.69) is 10.3 Å². The van der Waals surface area contributed by atoms with Gasteiger partial charge in [-0.25, -0.2) is 4.79 Å². The maximum atomic E-state index is 12.4. The van der Waals surface area contributed by atoms with Crippen molar-refractivity contribution in [3.05, 3.63) is 77.1 Å². The van der Waals surface area contributed by atoms with E-state index in [1.165, 1.54) is 4.90 Å². The molecule has 0 fully saturated rings. The molecule has 1 N–H and O–H groups in total. The third kappa shape index (κ3) is 5.70. The highest BCUT2D eigenvalue weighted by Crippen LogP contribution is 2.15. The number of ether oxygens (including phenoxy) is 1. The molecule has 7 heteroatoms. The van der Waals surface area contributed by atoms with E-state index in [9.17, 15) is 9.59 Å². The van der Waals surface area contributed by atoms with Crippen molar-refractivity contribution >= 4 is 34.4 Å². The first-order valence-electron chi connectivity index (χ1n) is 9.67. The van der Waals surface area contributed by atoms with Gasteiger partial charge in [0.2, 0.25) is 0 Å². The number of nitrogens with one attached hydrogen (secondary N) is 1. The Morgan fingerprint density at radius 2 is 1.83 bits per heavy atom. The van der Waals surface area contributed by atoms with Crippen molar-refractivity contribution in [2.75, 3.05) is 13.7 Å². The summed E-state index contributed by atoms with van der Waals surface area (Å²) < 4.78 is 5.35. The molecule has 0 aliphatic carbocycles. The van der Waals surface area contributed by atoms with Gasteiger partial charge >= 0.3 is 12.0 Å². The number of nitrogens with zero attached hydrogens (tertiary/aromatic N) is 2. The zero-order chi connectivity index (χ0) is 21.5. The topological polar surface area (TPSA) is 71.5 Å². The predicted molar refractivity (Wildman–Crippen MR) is 117 cm³/mol. The first-order chi connectivity index (χ1) is 14.4. The molecule has 0 radical (unpaired) electrons. The standard InChI is InChI=1S/C23H24ClN3O3/c1-16(27(2)23(29)26-14-19-9-5-6-10-21(19)24)15-30-22(28)12-20-11-17-7-3-4-8-18(17)13-25-20/h3-11,13,16H,12,14-15H2,1-2H3,(H,26,29)/t16-/m1/s1. The van der Waals surface area contributed by atoms with Crippen LogP contribution in [-0.4, -0.2) is 41.6 Å². The van der Waals surface area contributed by atoms with Gasteiger partial charge in [-0.3, -0.25) is 9.78 Å². The van der Waals surface area contributed by atoms with E-state index in [1.807, 2.05) is 55.5 Å². The van der Waals surface area contributed by atoms with E-state index >= 15 is 0 Å². The van der Waals surface area contributed by atoms with Gasteiger partial charge in [0.25, 0.3) is 0 Å². The summed E-state index contributed by atoms with van der Waals surface area (Å²) in [4.78, 5) is 30.4. The quantitative estimate of drug-likeness (QED) is 0.576. The lowest BCUT2D eigenvalue weighted by molar-refractivity contribution is -0.144. The number of likely N-dealkylation sites (N-methyl/N-ethyl adjacent to an activating group) is 1. The number of esters is 1. The van der Waals surface area contributed by atoms with Crippen LogP contribution in [0.5, 0.6) is 0 Å². The van der Waals surface area contributed by atoms with Crippen molar-refractivity contribution in [1.82, 2.24) is 15.2 Å². The number of hydrogen-bond donors (Lipinski definition) is 1. The maximum absolute atomic E-state index is 12.4. The average molecular weight is 426 g/mol. The summed E-state index contributed by atoms with van der Waals surface area (Å²) in [6, 6.07) is 16.5. The number of benzene rings is 2. The zero-order valence-corrected chi connectivity index (χ0v) is 17.7. The minimum atomic E-state index is -0.380. The minimum Gasteiger partial charge on any atom is -0.463 e. The number of hydrogen-bond acceptors (Lipinski definition) is 4. The van der Waals surface area contributed by atoms with Crippen LogP contribution in [0.4, 0.5) is 4.79 Å². The lowest BCUT2D eigenvalue weighted by atomic mass is 10.1. The zero-order valence-electron chi connectivity index (χ0n) is 17.0. The fraction of sp³-hybridized carbons (Fsp3) is 0.261. The van der Waals surface area contributed by atoms with Crippen LogP contribution in [0.15, 0.2) is 60.8 Å². The van der Waals surface area contributed by atoms with Gasteiger partial charge in [0.05, 0.1) is 18.2 Å². The molecule has 0 aliphatic heterocycles. The van der Waals surface area contributed by atoms with E-state index in [0.717, 1.165) is 16.3 Å². The molecule has 0 spiro atoms. The Kier molecular flexibility index (Phi) is 7.25. The van der Waals surface area contributed by atoms with E-state index in [1.54, 1.807) is 19.3 Å². The molecule has 0 saturated heterocycles. The van der Waals surface area contributed by atoms with Gasteiger partial charge in [0.1, 0.15) is 6.61 Å². The molecule has 6 nitrogen and oxygen atoms in total. The van der Waals surface area contributed by atoms with Gasteiger partial charge < -0.3 is 15.0 Å². The number of rotatable bonds is 7. The Morgan fingerprint density at radius 3 is 2.60 bits per heavy atom. The van der Waals surface area contributed by atoms with E-state index in [4.69, 9.17) is 16.3 Å². The van der Waals surface area contributed by atoms with Crippen LogP contribution >= 0.6 is 11.6 Å². The van der Waals surface area contributed by atoms with Gasteiger partial charge in [-0.1, -0.05) is 54.1 Å². The summed E-state index contributed by atoms with van der Waals surface area (Å²) in [6.07, 6.45) is 1.83. The third-order valence-electron chi connectivity index (χ3n) is 4.87. The number of halogens is 1. The number of urea groups is 1. The number of carbonyl (C=O) groups excluding carboxylic acids is 2. The van der Waals surface area contributed by atoms with Crippen LogP contribution in [-0.2, 0) is 22.5 Å². The molecule has 1 heterocycles. The molecule has 2 amide bonds. The monoisotopic (exact) mass is 425 g/mol. The number of aromatic nitrogens is 1. The Morgan fingerprint density at radius 1 is 1.13 bits per heavy atom. The van der Waals surface area contributed by atoms with Crippen LogP contribution < -0.4 is 5.32 Å². The average Bonchev–Trinajstić information content (AvgIpc) is 2.76. The lowest BCUT2D eigenvalue weighted by Crippen LogP contribution is -2.44. The van der Waals surface area contributed by atoms with Crippen LogP contribution in [0.1, 0.15) is 18.2 Å². The molecule has 3 aromatic rings. The molecule has 30 heavy (non-hydrogen) atoms. The fourth-order valence-corrected chi connectivity index (χ4v) is 3.09. The summed E-state index contributed by atoms with van der Waals surface area (Å²) >= 11 is 6.11. The van der Waals surface area contributed by atoms with Gasteiger partial charge in [-0.2, -0.15) is 0 Å². The van der Waals surface area contributed by atoms with E-state index in [0.29, 0.717) is 17.3 Å². The van der Waals surface area contributed by atoms with Crippen LogP contribution in [0.2, 0.25) is 5.02 Å². The van der Waals surface area contributed by atoms with Crippen molar-refractivity contribution in [3.63, 3.8) is 0 Å². The molecule has 0 bridgehead atoms. The number of fused-ring (bicyclic) bond motifs is 1. The Labute approximate surface area is 180 Å². The molecule has 156 valence electrons. The van der Waals surface area contributed by atoms with Crippen molar-refractivity contribution in [1.29, 1.82) is 0 Å².